The maximum atomic E-state index is 13.3. The van der Waals surface area contributed by atoms with E-state index in [4.69, 9.17) is 0 Å². The number of carbonyl (C=O) groups excluding carboxylic acids is 1. The van der Waals surface area contributed by atoms with Crippen molar-refractivity contribution in [2.75, 3.05) is 5.32 Å². The highest BCUT2D eigenvalue weighted by atomic mass is 19.2. The molecule has 0 spiro atoms. The summed E-state index contributed by atoms with van der Waals surface area (Å²) in [5.74, 6) is -0.808. The maximum Gasteiger partial charge on any atom is 0.255 e. The van der Waals surface area contributed by atoms with E-state index in [0.29, 0.717) is 5.69 Å². The van der Waals surface area contributed by atoms with Crippen molar-refractivity contribution in [2.24, 2.45) is 0 Å². The summed E-state index contributed by atoms with van der Waals surface area (Å²) in [7, 11) is 0. The third-order valence-electron chi connectivity index (χ3n) is 4.42. The number of aromatic nitrogens is 3. The normalized spacial score (nSPS) is 13.3. The Morgan fingerprint density at radius 1 is 1.04 bits per heavy atom. The smallest absolute Gasteiger partial charge is 0.255 e. The Labute approximate surface area is 148 Å². The van der Waals surface area contributed by atoms with Gasteiger partial charge in [-0.2, -0.15) is 0 Å². The number of halogens is 2. The van der Waals surface area contributed by atoms with Crippen molar-refractivity contribution in [1.29, 1.82) is 0 Å². The molecule has 1 aliphatic rings. The van der Waals surface area contributed by atoms with Crippen LogP contribution in [0.2, 0.25) is 0 Å². The highest BCUT2D eigenvalue weighted by molar-refractivity contribution is 6.04. The Hall–Kier alpha value is -3.09. The first-order valence-electron chi connectivity index (χ1n) is 8.41. The van der Waals surface area contributed by atoms with Gasteiger partial charge in [0, 0.05) is 29.8 Å². The fourth-order valence-electron chi connectivity index (χ4n) is 3.10. The zero-order chi connectivity index (χ0) is 18.1. The van der Waals surface area contributed by atoms with Gasteiger partial charge in [0.05, 0.1) is 0 Å². The summed E-state index contributed by atoms with van der Waals surface area (Å²) in [4.78, 5) is 12.3. The summed E-state index contributed by atoms with van der Waals surface area (Å²) in [5.41, 5.74) is 1.44. The van der Waals surface area contributed by atoms with Gasteiger partial charge in [-0.15, -0.1) is 10.2 Å². The molecule has 4 rings (SSSR count). The van der Waals surface area contributed by atoms with E-state index in [1.165, 1.54) is 6.07 Å². The van der Waals surface area contributed by atoms with Gasteiger partial charge >= 0.3 is 0 Å². The molecule has 0 radical (unpaired) electrons. The Bertz CT molecular complexity index is 983. The number of anilines is 1. The summed E-state index contributed by atoms with van der Waals surface area (Å²) >= 11 is 0. The Morgan fingerprint density at radius 2 is 1.92 bits per heavy atom. The van der Waals surface area contributed by atoms with E-state index >= 15 is 0 Å². The van der Waals surface area contributed by atoms with Crippen LogP contribution in [0.1, 0.15) is 29.0 Å². The molecule has 0 unspecified atom stereocenters. The molecule has 5 nitrogen and oxygen atoms in total. The lowest BCUT2D eigenvalue weighted by atomic mass is 10.1. The third kappa shape index (κ3) is 3.08. The van der Waals surface area contributed by atoms with Gasteiger partial charge in [-0.25, -0.2) is 8.78 Å². The first-order valence-corrected chi connectivity index (χ1v) is 8.41. The second-order valence-corrected chi connectivity index (χ2v) is 6.21. The standard InChI is InChI=1S/C19H16F2N4O/c20-15-8-7-13(11-16(15)21)19(26)22-14-5-3-4-12(10-14)18-24-23-17-6-1-2-9-25(17)18/h3-5,7-8,10-11H,1-2,6,9H2,(H,22,26). The van der Waals surface area contributed by atoms with Crippen LogP contribution in [0.25, 0.3) is 11.4 Å². The molecule has 26 heavy (non-hydrogen) atoms. The van der Waals surface area contributed by atoms with Gasteiger partial charge in [-0.1, -0.05) is 12.1 Å². The number of fused-ring (bicyclic) bond motifs is 1. The molecule has 0 atom stereocenters. The monoisotopic (exact) mass is 354 g/mol. The number of nitrogens with zero attached hydrogens (tertiary/aromatic N) is 3. The highest BCUT2D eigenvalue weighted by Gasteiger charge is 2.17. The second kappa shape index (κ2) is 6.67. The molecule has 1 N–H and O–H groups in total. The van der Waals surface area contributed by atoms with Crippen molar-refractivity contribution in [3.05, 3.63) is 65.5 Å². The zero-order valence-corrected chi connectivity index (χ0v) is 13.9. The van der Waals surface area contributed by atoms with Crippen LogP contribution in [0.15, 0.2) is 42.5 Å². The van der Waals surface area contributed by atoms with Crippen LogP contribution in [0.4, 0.5) is 14.5 Å². The molecule has 1 aromatic heterocycles. The molecule has 2 aromatic carbocycles. The first kappa shape index (κ1) is 16.4. The molecule has 132 valence electrons. The van der Waals surface area contributed by atoms with E-state index in [-0.39, 0.29) is 5.56 Å². The lowest BCUT2D eigenvalue weighted by Crippen LogP contribution is -2.13. The van der Waals surface area contributed by atoms with E-state index in [0.717, 1.165) is 55.2 Å². The van der Waals surface area contributed by atoms with Crippen molar-refractivity contribution >= 4 is 11.6 Å². The van der Waals surface area contributed by atoms with Crippen LogP contribution in [0.3, 0.4) is 0 Å². The topological polar surface area (TPSA) is 59.8 Å². The predicted molar refractivity (Wildman–Crippen MR) is 92.7 cm³/mol. The molecule has 3 aromatic rings. The van der Waals surface area contributed by atoms with Gasteiger partial charge in [0.25, 0.3) is 5.91 Å². The minimum absolute atomic E-state index is 0.0501. The molecular formula is C19H16F2N4O. The fourth-order valence-corrected chi connectivity index (χ4v) is 3.10. The quantitative estimate of drug-likeness (QED) is 0.778. The average Bonchev–Trinajstić information content (AvgIpc) is 3.08. The van der Waals surface area contributed by atoms with E-state index in [2.05, 4.69) is 20.1 Å². The number of hydrogen-bond donors (Lipinski definition) is 1. The molecule has 0 saturated carbocycles. The number of rotatable bonds is 3. The number of benzene rings is 2. The van der Waals surface area contributed by atoms with Gasteiger partial charge in [-0.3, -0.25) is 4.79 Å². The Morgan fingerprint density at radius 3 is 2.77 bits per heavy atom. The summed E-state index contributed by atoms with van der Waals surface area (Å²) < 4.78 is 28.4. The van der Waals surface area contributed by atoms with Crippen molar-refractivity contribution in [3.8, 4) is 11.4 Å². The van der Waals surface area contributed by atoms with Gasteiger partial charge in [0.2, 0.25) is 0 Å². The van der Waals surface area contributed by atoms with Gasteiger partial charge in [-0.05, 0) is 43.2 Å². The highest BCUT2D eigenvalue weighted by Crippen LogP contribution is 2.25. The van der Waals surface area contributed by atoms with E-state index in [9.17, 15) is 13.6 Å². The summed E-state index contributed by atoms with van der Waals surface area (Å²) in [6.07, 6.45) is 3.12. The molecule has 0 saturated heterocycles. The number of hydrogen-bond acceptors (Lipinski definition) is 3. The number of aryl methyl sites for hydroxylation is 1. The van der Waals surface area contributed by atoms with E-state index < -0.39 is 17.5 Å². The number of amides is 1. The second-order valence-electron chi connectivity index (χ2n) is 6.21. The summed E-state index contributed by atoms with van der Waals surface area (Å²) in [6, 6.07) is 10.3. The van der Waals surface area contributed by atoms with Crippen LogP contribution >= 0.6 is 0 Å². The minimum atomic E-state index is -1.05. The Kier molecular flexibility index (Phi) is 4.20. The molecule has 0 fully saturated rings. The van der Waals surface area contributed by atoms with E-state index in [1.54, 1.807) is 18.2 Å². The largest absolute Gasteiger partial charge is 0.322 e. The lowest BCUT2D eigenvalue weighted by Gasteiger charge is -2.15. The molecule has 1 aliphatic heterocycles. The Balaban J connectivity index is 1.59. The minimum Gasteiger partial charge on any atom is -0.322 e. The fraction of sp³-hybridized carbons (Fsp3) is 0.211. The molecular weight excluding hydrogens is 338 g/mol. The van der Waals surface area contributed by atoms with Gasteiger partial charge in [0.1, 0.15) is 5.82 Å². The average molecular weight is 354 g/mol. The summed E-state index contributed by atoms with van der Waals surface area (Å²) in [6.45, 7) is 0.878. The zero-order valence-electron chi connectivity index (χ0n) is 13.9. The number of nitrogens with one attached hydrogen (secondary N) is 1. The van der Waals surface area contributed by atoms with Crippen molar-refractivity contribution < 1.29 is 13.6 Å². The van der Waals surface area contributed by atoms with Crippen LogP contribution < -0.4 is 5.32 Å². The van der Waals surface area contributed by atoms with Crippen LogP contribution in [-0.2, 0) is 13.0 Å². The molecule has 7 heteroatoms. The van der Waals surface area contributed by atoms with Crippen molar-refractivity contribution in [3.63, 3.8) is 0 Å². The molecule has 2 heterocycles. The van der Waals surface area contributed by atoms with Gasteiger partial charge in [0.15, 0.2) is 17.5 Å². The van der Waals surface area contributed by atoms with E-state index in [1.807, 2.05) is 6.07 Å². The van der Waals surface area contributed by atoms with Crippen LogP contribution in [0, 0.1) is 11.6 Å². The third-order valence-corrected chi connectivity index (χ3v) is 4.42. The molecule has 0 aliphatic carbocycles. The van der Waals surface area contributed by atoms with Crippen molar-refractivity contribution in [1.82, 2.24) is 14.8 Å². The van der Waals surface area contributed by atoms with Crippen LogP contribution in [0.5, 0.6) is 0 Å². The molecule has 0 bridgehead atoms. The summed E-state index contributed by atoms with van der Waals surface area (Å²) in [5, 5.41) is 11.2. The van der Waals surface area contributed by atoms with Gasteiger partial charge < -0.3 is 9.88 Å². The lowest BCUT2D eigenvalue weighted by molar-refractivity contribution is 0.102. The number of carbonyl (C=O) groups is 1. The molecule has 1 amide bonds. The maximum absolute atomic E-state index is 13.3. The predicted octanol–water partition coefficient (Wildman–Crippen LogP) is 3.81. The SMILES string of the molecule is O=C(Nc1cccc(-c2nnc3n2CCCC3)c1)c1ccc(F)c(F)c1. The van der Waals surface area contributed by atoms with Crippen molar-refractivity contribution in [2.45, 2.75) is 25.8 Å². The van der Waals surface area contributed by atoms with Crippen LogP contribution in [-0.4, -0.2) is 20.7 Å². The first-order chi connectivity index (χ1) is 12.6.